The fourth-order valence-electron chi connectivity index (χ4n) is 2.63. The molecule has 0 aromatic carbocycles. The minimum atomic E-state index is -0.429. The van der Waals surface area contributed by atoms with E-state index in [1.54, 1.807) is 12.3 Å². The molecule has 0 spiro atoms. The Morgan fingerprint density at radius 1 is 1.29 bits per heavy atom. The second kappa shape index (κ2) is 7.73. The summed E-state index contributed by atoms with van der Waals surface area (Å²) in [6, 6.07) is 8.79. The monoisotopic (exact) mass is 396 g/mol. The van der Waals surface area contributed by atoms with Gasteiger partial charge >= 0.3 is 5.97 Å². The van der Waals surface area contributed by atoms with E-state index in [1.807, 2.05) is 30.5 Å². The van der Waals surface area contributed by atoms with Crippen molar-refractivity contribution in [3.05, 3.63) is 69.4 Å². The number of carbonyl (C=O) groups excluding carboxylic acids is 1. The number of aromatic nitrogens is 4. The number of esters is 1. The summed E-state index contributed by atoms with van der Waals surface area (Å²) in [7, 11) is 0. The normalized spacial score (nSPS) is 11.0. The highest BCUT2D eigenvalue weighted by atomic mass is 32.1. The summed E-state index contributed by atoms with van der Waals surface area (Å²) >= 11 is 1.51. The topological polar surface area (TPSA) is 99.6 Å². The lowest BCUT2D eigenvalue weighted by Gasteiger charge is -2.06. The Balaban J connectivity index is 1.34. The van der Waals surface area contributed by atoms with E-state index in [2.05, 4.69) is 15.1 Å². The zero-order chi connectivity index (χ0) is 19.5. The van der Waals surface area contributed by atoms with Gasteiger partial charge < -0.3 is 9.26 Å². The Labute approximate surface area is 163 Å². The lowest BCUT2D eigenvalue weighted by atomic mass is 10.3. The molecule has 9 heteroatoms. The molecule has 0 aliphatic rings. The Kier molecular flexibility index (Phi) is 4.98. The van der Waals surface area contributed by atoms with Crippen molar-refractivity contribution >= 4 is 23.0 Å². The predicted octanol–water partition coefficient (Wildman–Crippen LogP) is 2.79. The molecule has 4 heterocycles. The molecule has 0 unspecified atom stereocenters. The van der Waals surface area contributed by atoms with Gasteiger partial charge in [0, 0.05) is 18.7 Å². The van der Waals surface area contributed by atoms with Crippen LogP contribution in [0.15, 0.2) is 51.2 Å². The van der Waals surface area contributed by atoms with E-state index in [0.717, 1.165) is 10.4 Å². The van der Waals surface area contributed by atoms with Gasteiger partial charge in [-0.15, -0.1) is 11.3 Å². The van der Waals surface area contributed by atoms with E-state index in [-0.39, 0.29) is 25.0 Å². The maximum atomic E-state index is 12.1. The van der Waals surface area contributed by atoms with E-state index < -0.39 is 5.97 Å². The van der Waals surface area contributed by atoms with E-state index in [9.17, 15) is 9.59 Å². The number of pyridine rings is 1. The molecule has 0 saturated heterocycles. The highest BCUT2D eigenvalue weighted by molar-refractivity contribution is 7.13. The van der Waals surface area contributed by atoms with Crippen LogP contribution in [0, 0.1) is 6.92 Å². The number of aryl methyl sites for hydroxylation is 2. The van der Waals surface area contributed by atoms with E-state index >= 15 is 0 Å². The van der Waals surface area contributed by atoms with Gasteiger partial charge in [0.25, 0.3) is 5.56 Å². The summed E-state index contributed by atoms with van der Waals surface area (Å²) in [5, 5.41) is 5.83. The maximum Gasteiger partial charge on any atom is 0.306 e. The number of ether oxygens (including phenoxy) is 1. The van der Waals surface area contributed by atoms with Crippen molar-refractivity contribution in [3.8, 4) is 10.7 Å². The summed E-state index contributed by atoms with van der Waals surface area (Å²) in [5.41, 5.74) is 1.69. The third-order valence-corrected chi connectivity index (χ3v) is 4.88. The van der Waals surface area contributed by atoms with E-state index in [1.165, 1.54) is 21.8 Å². The maximum absolute atomic E-state index is 12.1. The summed E-state index contributed by atoms with van der Waals surface area (Å²) in [6.07, 6.45) is 2.05. The number of rotatable bonds is 6. The summed E-state index contributed by atoms with van der Waals surface area (Å²) in [6.45, 7) is 1.85. The summed E-state index contributed by atoms with van der Waals surface area (Å²) in [4.78, 5) is 33.7. The van der Waals surface area contributed by atoms with Crippen LogP contribution in [0.25, 0.3) is 16.3 Å². The van der Waals surface area contributed by atoms with Crippen molar-refractivity contribution in [2.45, 2.75) is 26.4 Å². The van der Waals surface area contributed by atoms with Crippen LogP contribution in [0.2, 0.25) is 0 Å². The second-order valence-corrected chi connectivity index (χ2v) is 7.12. The number of carbonyl (C=O) groups is 1. The molecular formula is C19H16N4O4S. The quantitative estimate of drug-likeness (QED) is 0.462. The first-order valence-electron chi connectivity index (χ1n) is 8.59. The zero-order valence-electron chi connectivity index (χ0n) is 15.0. The summed E-state index contributed by atoms with van der Waals surface area (Å²) < 4.78 is 11.8. The Bertz CT molecular complexity index is 1180. The van der Waals surface area contributed by atoms with Crippen molar-refractivity contribution in [1.29, 1.82) is 0 Å². The zero-order valence-corrected chi connectivity index (χ0v) is 15.8. The molecule has 0 radical (unpaired) electrons. The Morgan fingerprint density at radius 3 is 3.00 bits per heavy atom. The molecule has 0 aliphatic heterocycles. The fraction of sp³-hybridized carbons (Fsp3) is 0.211. The Morgan fingerprint density at radius 2 is 2.18 bits per heavy atom. The molecule has 8 nitrogen and oxygen atoms in total. The van der Waals surface area contributed by atoms with Gasteiger partial charge in [-0.1, -0.05) is 11.2 Å². The molecule has 142 valence electrons. The van der Waals surface area contributed by atoms with Crippen molar-refractivity contribution in [3.63, 3.8) is 0 Å². The molecule has 0 atom stereocenters. The van der Waals surface area contributed by atoms with Crippen LogP contribution in [0.5, 0.6) is 0 Å². The van der Waals surface area contributed by atoms with Crippen LogP contribution >= 0.6 is 11.3 Å². The van der Waals surface area contributed by atoms with Crippen LogP contribution in [0.4, 0.5) is 0 Å². The molecular weight excluding hydrogens is 380 g/mol. The van der Waals surface area contributed by atoms with Crippen LogP contribution < -0.4 is 5.56 Å². The molecule has 4 aromatic heterocycles. The second-order valence-electron chi connectivity index (χ2n) is 6.17. The largest absolute Gasteiger partial charge is 0.459 e. The number of hydrogen-bond acceptors (Lipinski definition) is 8. The van der Waals surface area contributed by atoms with Crippen molar-refractivity contribution < 1.29 is 14.1 Å². The van der Waals surface area contributed by atoms with Gasteiger partial charge in [0.2, 0.25) is 11.7 Å². The third kappa shape index (κ3) is 3.99. The molecule has 0 N–H and O–H groups in total. The lowest BCUT2D eigenvalue weighted by molar-refractivity contribution is -0.145. The van der Waals surface area contributed by atoms with Gasteiger partial charge in [-0.25, -0.2) is 4.98 Å². The van der Waals surface area contributed by atoms with Gasteiger partial charge in [-0.05, 0) is 36.1 Å². The third-order valence-electron chi connectivity index (χ3n) is 4.01. The van der Waals surface area contributed by atoms with E-state index in [0.29, 0.717) is 23.1 Å². The molecule has 0 fully saturated rings. The number of nitrogens with zero attached hydrogens (tertiary/aromatic N) is 4. The van der Waals surface area contributed by atoms with Crippen LogP contribution in [0.1, 0.15) is 23.6 Å². The average Bonchev–Trinajstić information content (AvgIpc) is 3.35. The van der Waals surface area contributed by atoms with Gasteiger partial charge in [0.1, 0.15) is 12.3 Å². The molecule has 0 saturated carbocycles. The highest BCUT2D eigenvalue weighted by Gasteiger charge is 2.12. The number of fused-ring (bicyclic) bond motifs is 1. The van der Waals surface area contributed by atoms with Crippen molar-refractivity contribution in [2.75, 3.05) is 0 Å². The minimum absolute atomic E-state index is 0.0667. The van der Waals surface area contributed by atoms with Gasteiger partial charge in [-0.3, -0.25) is 14.0 Å². The molecule has 28 heavy (non-hydrogen) atoms. The van der Waals surface area contributed by atoms with Crippen molar-refractivity contribution in [1.82, 2.24) is 19.5 Å². The van der Waals surface area contributed by atoms with Gasteiger partial charge in [0.05, 0.1) is 17.0 Å². The number of thiophene rings is 1. The van der Waals surface area contributed by atoms with Gasteiger partial charge in [0.15, 0.2) is 0 Å². The minimum Gasteiger partial charge on any atom is -0.459 e. The lowest BCUT2D eigenvalue weighted by Crippen LogP contribution is -2.16. The number of hydrogen-bond donors (Lipinski definition) is 0. The standard InChI is InChI=1S/C19H16N4O4S/c1-12-6-7-23-15(9-12)20-13(10-17(23)24)11-26-18(25)5-4-16-21-19(22-27-16)14-3-2-8-28-14/h2-3,6-10H,4-5,11H2,1H3. The smallest absolute Gasteiger partial charge is 0.306 e. The van der Waals surface area contributed by atoms with Crippen LogP contribution in [0.3, 0.4) is 0 Å². The molecule has 4 rings (SSSR count). The van der Waals surface area contributed by atoms with Gasteiger partial charge in [-0.2, -0.15) is 4.98 Å². The SMILES string of the molecule is Cc1ccn2c(=O)cc(COC(=O)CCc3nc(-c4cccs4)no3)nc2c1. The Hall–Kier alpha value is -3.33. The first-order chi connectivity index (χ1) is 13.6. The van der Waals surface area contributed by atoms with Crippen molar-refractivity contribution in [2.24, 2.45) is 0 Å². The highest BCUT2D eigenvalue weighted by Crippen LogP contribution is 2.21. The average molecular weight is 396 g/mol. The molecule has 0 bridgehead atoms. The van der Waals surface area contributed by atoms with Crippen LogP contribution in [-0.4, -0.2) is 25.5 Å². The van der Waals surface area contributed by atoms with Crippen LogP contribution in [-0.2, 0) is 22.6 Å². The molecule has 4 aromatic rings. The molecule has 0 aliphatic carbocycles. The molecule has 0 amide bonds. The first kappa shape index (κ1) is 18.1. The van der Waals surface area contributed by atoms with E-state index in [4.69, 9.17) is 9.26 Å². The predicted molar refractivity (Wildman–Crippen MR) is 102 cm³/mol. The fourth-order valence-corrected chi connectivity index (χ4v) is 3.27. The first-order valence-corrected chi connectivity index (χ1v) is 9.47. The summed E-state index contributed by atoms with van der Waals surface area (Å²) in [5.74, 6) is 0.453.